The normalized spacial score (nSPS) is 22.4. The first-order valence-electron chi connectivity index (χ1n) is 6.22. The lowest BCUT2D eigenvalue weighted by atomic mass is 10.2. The Morgan fingerprint density at radius 1 is 1.53 bits per heavy atom. The van der Waals surface area contributed by atoms with Crippen molar-refractivity contribution < 1.29 is 14.3 Å². The molecule has 1 N–H and O–H groups in total. The van der Waals surface area contributed by atoms with E-state index in [9.17, 15) is 14.4 Å². The average Bonchev–Trinajstić information content (AvgIpc) is 2.84. The predicted molar refractivity (Wildman–Crippen MR) is 65.7 cm³/mol. The summed E-state index contributed by atoms with van der Waals surface area (Å²) >= 11 is 0. The van der Waals surface area contributed by atoms with Crippen molar-refractivity contribution in [2.75, 3.05) is 6.61 Å². The molecule has 0 aliphatic carbocycles. The molecular formula is C12H16N2O5. The van der Waals surface area contributed by atoms with Crippen molar-refractivity contribution in [2.24, 2.45) is 0 Å². The number of nitrogens with one attached hydrogen (secondary N) is 1. The van der Waals surface area contributed by atoms with E-state index in [0.717, 1.165) is 0 Å². The average molecular weight is 268 g/mol. The molecule has 1 aliphatic rings. The van der Waals surface area contributed by atoms with Gasteiger partial charge in [-0.15, -0.1) is 0 Å². The third-order valence-corrected chi connectivity index (χ3v) is 2.97. The third-order valence-electron chi connectivity index (χ3n) is 2.97. The Morgan fingerprint density at radius 3 is 3.00 bits per heavy atom. The lowest BCUT2D eigenvalue weighted by molar-refractivity contribution is -0.148. The maximum absolute atomic E-state index is 11.6. The first kappa shape index (κ1) is 13.5. The van der Waals surface area contributed by atoms with Crippen LogP contribution in [0.15, 0.2) is 21.9 Å². The number of rotatable bonds is 4. The SMILES string of the molecule is CCC(=O)OC[C@@H]1CC[C@H](n2ccc(=O)[nH]c2=O)O1. The van der Waals surface area contributed by atoms with E-state index in [2.05, 4.69) is 4.98 Å². The Kier molecular flexibility index (Phi) is 4.16. The van der Waals surface area contributed by atoms with Crippen molar-refractivity contribution >= 4 is 5.97 Å². The summed E-state index contributed by atoms with van der Waals surface area (Å²) in [6.07, 6.45) is 2.45. The van der Waals surface area contributed by atoms with Gasteiger partial charge in [-0.3, -0.25) is 19.1 Å². The fourth-order valence-corrected chi connectivity index (χ4v) is 1.96. The van der Waals surface area contributed by atoms with Crippen molar-refractivity contribution in [2.45, 2.75) is 38.5 Å². The van der Waals surface area contributed by atoms with E-state index < -0.39 is 17.5 Å². The highest BCUT2D eigenvalue weighted by molar-refractivity contribution is 5.68. The van der Waals surface area contributed by atoms with Crippen molar-refractivity contribution in [3.05, 3.63) is 33.1 Å². The van der Waals surface area contributed by atoms with E-state index in [1.54, 1.807) is 6.92 Å². The van der Waals surface area contributed by atoms with Crippen LogP contribution < -0.4 is 11.2 Å². The zero-order chi connectivity index (χ0) is 13.8. The summed E-state index contributed by atoms with van der Waals surface area (Å²) in [4.78, 5) is 35.8. The topological polar surface area (TPSA) is 90.4 Å². The van der Waals surface area contributed by atoms with Crippen molar-refractivity contribution in [3.63, 3.8) is 0 Å². The number of aromatic nitrogens is 2. The Hall–Kier alpha value is -1.89. The van der Waals surface area contributed by atoms with Crippen LogP contribution in [-0.2, 0) is 14.3 Å². The Labute approximate surface area is 109 Å². The number of H-pyrrole nitrogens is 1. The molecule has 19 heavy (non-hydrogen) atoms. The summed E-state index contributed by atoms with van der Waals surface area (Å²) < 4.78 is 12.0. The highest BCUT2D eigenvalue weighted by Crippen LogP contribution is 2.26. The first-order valence-corrected chi connectivity index (χ1v) is 6.22. The smallest absolute Gasteiger partial charge is 0.330 e. The van der Waals surface area contributed by atoms with Gasteiger partial charge in [0, 0.05) is 18.7 Å². The van der Waals surface area contributed by atoms with Crippen molar-refractivity contribution in [1.82, 2.24) is 9.55 Å². The molecule has 7 heteroatoms. The standard InChI is InChI=1S/C12H16N2O5/c1-2-11(16)18-7-8-3-4-10(19-8)14-6-5-9(15)13-12(14)17/h5-6,8,10H,2-4,7H2,1H3,(H,13,15,17)/t8-,10+/m0/s1. The number of aromatic amines is 1. The number of esters is 1. The Balaban J connectivity index is 1.96. The molecule has 0 amide bonds. The molecule has 1 aliphatic heterocycles. The summed E-state index contributed by atoms with van der Waals surface area (Å²) in [5, 5.41) is 0. The second-order valence-corrected chi connectivity index (χ2v) is 4.34. The lowest BCUT2D eigenvalue weighted by Crippen LogP contribution is -2.31. The molecule has 0 unspecified atom stereocenters. The van der Waals surface area contributed by atoms with Gasteiger partial charge >= 0.3 is 11.7 Å². The summed E-state index contributed by atoms with van der Waals surface area (Å²) in [6.45, 7) is 1.92. The highest BCUT2D eigenvalue weighted by Gasteiger charge is 2.28. The largest absolute Gasteiger partial charge is 0.463 e. The molecule has 1 saturated heterocycles. The Bertz CT molecular complexity index is 562. The highest BCUT2D eigenvalue weighted by atomic mass is 16.6. The van der Waals surface area contributed by atoms with Gasteiger partial charge < -0.3 is 9.47 Å². The van der Waals surface area contributed by atoms with Gasteiger partial charge in [0.1, 0.15) is 12.8 Å². The van der Waals surface area contributed by atoms with E-state index in [-0.39, 0.29) is 18.7 Å². The van der Waals surface area contributed by atoms with E-state index in [4.69, 9.17) is 9.47 Å². The van der Waals surface area contributed by atoms with Gasteiger partial charge in [-0.1, -0.05) is 6.92 Å². The van der Waals surface area contributed by atoms with Gasteiger partial charge in [0.25, 0.3) is 5.56 Å². The number of carbonyl (C=O) groups excluding carboxylic acids is 1. The van der Waals surface area contributed by atoms with Crippen LogP contribution >= 0.6 is 0 Å². The molecule has 2 atom stereocenters. The molecule has 1 aromatic rings. The van der Waals surface area contributed by atoms with Crippen LogP contribution in [0.5, 0.6) is 0 Å². The van der Waals surface area contributed by atoms with Crippen LogP contribution in [0.4, 0.5) is 0 Å². The van der Waals surface area contributed by atoms with Gasteiger partial charge in [-0.05, 0) is 12.8 Å². The van der Waals surface area contributed by atoms with Crippen LogP contribution in [0.1, 0.15) is 32.4 Å². The quantitative estimate of drug-likeness (QED) is 0.786. The molecule has 0 bridgehead atoms. The molecule has 2 rings (SSSR count). The molecular weight excluding hydrogens is 252 g/mol. The fourth-order valence-electron chi connectivity index (χ4n) is 1.96. The van der Waals surface area contributed by atoms with E-state index in [1.165, 1.54) is 16.8 Å². The minimum absolute atomic E-state index is 0.196. The Morgan fingerprint density at radius 2 is 2.32 bits per heavy atom. The number of hydrogen-bond acceptors (Lipinski definition) is 5. The molecule has 1 aromatic heterocycles. The van der Waals surface area contributed by atoms with E-state index in [0.29, 0.717) is 19.3 Å². The summed E-state index contributed by atoms with van der Waals surface area (Å²) in [7, 11) is 0. The second-order valence-electron chi connectivity index (χ2n) is 4.34. The zero-order valence-corrected chi connectivity index (χ0v) is 10.6. The van der Waals surface area contributed by atoms with Gasteiger partial charge in [0.15, 0.2) is 0 Å². The van der Waals surface area contributed by atoms with Crippen LogP contribution in [0, 0.1) is 0 Å². The number of nitrogens with zero attached hydrogens (tertiary/aromatic N) is 1. The monoisotopic (exact) mass is 268 g/mol. The molecule has 0 radical (unpaired) electrons. The molecule has 1 fully saturated rings. The van der Waals surface area contributed by atoms with Gasteiger partial charge in [-0.25, -0.2) is 4.79 Å². The third kappa shape index (κ3) is 3.31. The summed E-state index contributed by atoms with van der Waals surface area (Å²) in [6, 6.07) is 1.27. The maximum atomic E-state index is 11.6. The van der Waals surface area contributed by atoms with Crippen LogP contribution in [0.3, 0.4) is 0 Å². The molecule has 0 aromatic carbocycles. The van der Waals surface area contributed by atoms with Gasteiger partial charge in [0.05, 0.1) is 6.10 Å². The second kappa shape index (κ2) is 5.83. The van der Waals surface area contributed by atoms with Crippen LogP contribution in [-0.4, -0.2) is 28.2 Å². The number of carbonyl (C=O) groups is 1. The molecule has 7 nitrogen and oxygen atoms in total. The lowest BCUT2D eigenvalue weighted by Gasteiger charge is -2.15. The summed E-state index contributed by atoms with van der Waals surface area (Å²) in [5.74, 6) is -0.270. The van der Waals surface area contributed by atoms with Gasteiger partial charge in [-0.2, -0.15) is 0 Å². The first-order chi connectivity index (χ1) is 9.10. The fraction of sp³-hybridized carbons (Fsp3) is 0.583. The van der Waals surface area contributed by atoms with Crippen molar-refractivity contribution in [1.29, 1.82) is 0 Å². The zero-order valence-electron chi connectivity index (χ0n) is 10.6. The maximum Gasteiger partial charge on any atom is 0.330 e. The van der Waals surface area contributed by atoms with E-state index in [1.807, 2.05) is 0 Å². The van der Waals surface area contributed by atoms with Crippen molar-refractivity contribution in [3.8, 4) is 0 Å². The molecule has 0 saturated carbocycles. The number of ether oxygens (including phenoxy) is 2. The summed E-state index contributed by atoms with van der Waals surface area (Å²) in [5.41, 5.74) is -0.934. The molecule has 2 heterocycles. The number of hydrogen-bond donors (Lipinski definition) is 1. The molecule has 0 spiro atoms. The molecule has 104 valence electrons. The minimum Gasteiger partial charge on any atom is -0.463 e. The van der Waals surface area contributed by atoms with Crippen LogP contribution in [0.2, 0.25) is 0 Å². The van der Waals surface area contributed by atoms with Gasteiger partial charge in [0.2, 0.25) is 0 Å². The predicted octanol–water partition coefficient (Wildman–Crippen LogP) is 0.167. The van der Waals surface area contributed by atoms with E-state index >= 15 is 0 Å². The minimum atomic E-state index is -0.497. The van der Waals surface area contributed by atoms with Crippen LogP contribution in [0.25, 0.3) is 0 Å².